The normalized spacial score (nSPS) is 11.8. The molecule has 0 saturated carbocycles. The van der Waals surface area contributed by atoms with Crippen molar-refractivity contribution in [2.24, 2.45) is 0 Å². The Hall–Kier alpha value is -1.74. The molecule has 0 radical (unpaired) electrons. The van der Waals surface area contributed by atoms with E-state index in [9.17, 15) is 9.59 Å². The zero-order valence-electron chi connectivity index (χ0n) is 8.34. The monoisotopic (exact) mass is 246 g/mol. The molecule has 0 aliphatic rings. The van der Waals surface area contributed by atoms with Crippen LogP contribution in [0.15, 0.2) is 5.51 Å². The standard InChI is InChI=1S/C7H10N4O4S/c1-15-4(5(12)13)2-8-6(14)10-7-11-9-3-16-7/h3-4H,2H2,1H3,(H,12,13)(H2,8,10,11,14). The fourth-order valence-corrected chi connectivity index (χ4v) is 1.27. The number of carboxylic acids is 1. The predicted octanol–water partition coefficient (Wildman–Crippen LogP) is -0.241. The molecule has 1 heterocycles. The average Bonchev–Trinajstić information content (AvgIpc) is 2.70. The Morgan fingerprint density at radius 1 is 1.69 bits per heavy atom. The smallest absolute Gasteiger partial charge is 0.334 e. The van der Waals surface area contributed by atoms with Gasteiger partial charge in [0.05, 0.1) is 6.54 Å². The maximum absolute atomic E-state index is 11.2. The number of carboxylic acid groups (broad SMARTS) is 1. The van der Waals surface area contributed by atoms with Crippen molar-refractivity contribution < 1.29 is 19.4 Å². The molecule has 1 aromatic heterocycles. The average molecular weight is 246 g/mol. The molecule has 88 valence electrons. The highest BCUT2D eigenvalue weighted by Gasteiger charge is 2.17. The summed E-state index contributed by atoms with van der Waals surface area (Å²) in [6.45, 7) is -0.129. The molecule has 3 N–H and O–H groups in total. The van der Waals surface area contributed by atoms with E-state index in [2.05, 4.69) is 25.6 Å². The highest BCUT2D eigenvalue weighted by molar-refractivity contribution is 7.13. The number of methoxy groups -OCH3 is 1. The molecule has 1 unspecified atom stereocenters. The van der Waals surface area contributed by atoms with Crippen LogP contribution >= 0.6 is 11.3 Å². The number of hydrogen-bond acceptors (Lipinski definition) is 6. The van der Waals surface area contributed by atoms with E-state index in [0.29, 0.717) is 5.13 Å². The summed E-state index contributed by atoms with van der Waals surface area (Å²) in [5.41, 5.74) is 1.46. The van der Waals surface area contributed by atoms with E-state index in [4.69, 9.17) is 5.11 Å². The van der Waals surface area contributed by atoms with Crippen LogP contribution in [-0.4, -0.2) is 47.1 Å². The third-order valence-corrected chi connectivity index (χ3v) is 2.20. The van der Waals surface area contributed by atoms with Crippen molar-refractivity contribution in [3.63, 3.8) is 0 Å². The van der Waals surface area contributed by atoms with Crippen LogP contribution < -0.4 is 10.6 Å². The maximum atomic E-state index is 11.2. The molecule has 1 rings (SSSR count). The molecule has 1 aromatic rings. The lowest BCUT2D eigenvalue weighted by atomic mass is 10.3. The lowest BCUT2D eigenvalue weighted by Crippen LogP contribution is -2.39. The molecule has 1 atom stereocenters. The van der Waals surface area contributed by atoms with E-state index in [1.807, 2.05) is 0 Å². The van der Waals surface area contributed by atoms with Gasteiger partial charge < -0.3 is 15.2 Å². The van der Waals surface area contributed by atoms with Crippen LogP contribution in [0.3, 0.4) is 0 Å². The van der Waals surface area contributed by atoms with Gasteiger partial charge in [-0.3, -0.25) is 5.32 Å². The summed E-state index contributed by atoms with van der Waals surface area (Å²) in [7, 11) is 1.25. The fourth-order valence-electron chi connectivity index (χ4n) is 0.826. The Balaban J connectivity index is 2.32. The number of urea groups is 1. The third-order valence-electron chi connectivity index (χ3n) is 1.59. The third kappa shape index (κ3) is 3.79. The van der Waals surface area contributed by atoms with Crippen molar-refractivity contribution >= 4 is 28.5 Å². The second-order valence-corrected chi connectivity index (χ2v) is 3.47. The second kappa shape index (κ2) is 5.98. The highest BCUT2D eigenvalue weighted by atomic mass is 32.1. The Bertz CT molecular complexity index is 355. The van der Waals surface area contributed by atoms with Gasteiger partial charge in [0.1, 0.15) is 5.51 Å². The van der Waals surface area contributed by atoms with Gasteiger partial charge >= 0.3 is 12.0 Å². The second-order valence-electron chi connectivity index (χ2n) is 2.64. The van der Waals surface area contributed by atoms with Gasteiger partial charge in [0.25, 0.3) is 0 Å². The molecular formula is C7H10N4O4S. The minimum Gasteiger partial charge on any atom is -0.479 e. The lowest BCUT2D eigenvalue weighted by Gasteiger charge is -2.11. The van der Waals surface area contributed by atoms with Gasteiger partial charge in [0.2, 0.25) is 5.13 Å². The first-order valence-electron chi connectivity index (χ1n) is 4.20. The van der Waals surface area contributed by atoms with E-state index in [1.54, 1.807) is 0 Å². The number of aromatic nitrogens is 2. The summed E-state index contributed by atoms with van der Waals surface area (Å²) in [5.74, 6) is -1.14. The number of ether oxygens (including phenoxy) is 1. The largest absolute Gasteiger partial charge is 0.479 e. The van der Waals surface area contributed by atoms with Crippen molar-refractivity contribution in [2.75, 3.05) is 19.0 Å². The number of nitrogens with one attached hydrogen (secondary N) is 2. The van der Waals surface area contributed by atoms with Gasteiger partial charge in [0, 0.05) is 7.11 Å². The number of rotatable bonds is 5. The predicted molar refractivity (Wildman–Crippen MR) is 55.4 cm³/mol. The van der Waals surface area contributed by atoms with Crippen molar-refractivity contribution in [3.05, 3.63) is 5.51 Å². The van der Waals surface area contributed by atoms with Crippen LogP contribution in [0.5, 0.6) is 0 Å². The van der Waals surface area contributed by atoms with Gasteiger partial charge in [-0.1, -0.05) is 11.3 Å². The quantitative estimate of drug-likeness (QED) is 0.660. The number of anilines is 1. The summed E-state index contributed by atoms with van der Waals surface area (Å²) in [5, 5.41) is 20.8. The first kappa shape index (κ1) is 12.3. The number of nitrogens with zero attached hydrogens (tertiary/aromatic N) is 2. The Morgan fingerprint density at radius 2 is 2.44 bits per heavy atom. The summed E-state index contributed by atoms with van der Waals surface area (Å²) >= 11 is 1.16. The first-order valence-corrected chi connectivity index (χ1v) is 5.08. The lowest BCUT2D eigenvalue weighted by molar-refractivity contribution is -0.147. The first-order chi connectivity index (χ1) is 7.63. The van der Waals surface area contributed by atoms with Crippen molar-refractivity contribution in [3.8, 4) is 0 Å². The Morgan fingerprint density at radius 3 is 2.94 bits per heavy atom. The Kier molecular flexibility index (Phi) is 4.61. The number of amides is 2. The van der Waals surface area contributed by atoms with Crippen LogP contribution in [0, 0.1) is 0 Å². The van der Waals surface area contributed by atoms with E-state index in [-0.39, 0.29) is 6.54 Å². The van der Waals surface area contributed by atoms with Gasteiger partial charge in [-0.2, -0.15) is 0 Å². The zero-order chi connectivity index (χ0) is 12.0. The van der Waals surface area contributed by atoms with Crippen LogP contribution in [-0.2, 0) is 9.53 Å². The van der Waals surface area contributed by atoms with E-state index < -0.39 is 18.1 Å². The molecule has 9 heteroatoms. The zero-order valence-corrected chi connectivity index (χ0v) is 9.15. The number of aliphatic carboxylic acids is 1. The van der Waals surface area contributed by atoms with E-state index in [1.165, 1.54) is 12.6 Å². The molecule has 8 nitrogen and oxygen atoms in total. The number of carbonyl (C=O) groups is 2. The molecule has 0 aliphatic heterocycles. The topological polar surface area (TPSA) is 113 Å². The van der Waals surface area contributed by atoms with Crippen molar-refractivity contribution in [2.45, 2.75) is 6.10 Å². The fraction of sp³-hybridized carbons (Fsp3) is 0.429. The molecule has 0 aliphatic carbocycles. The molecule has 0 fully saturated rings. The summed E-state index contributed by atoms with van der Waals surface area (Å²) in [4.78, 5) is 21.8. The maximum Gasteiger partial charge on any atom is 0.334 e. The molecule has 0 aromatic carbocycles. The molecule has 16 heavy (non-hydrogen) atoms. The number of hydrogen-bond donors (Lipinski definition) is 3. The summed E-state index contributed by atoms with van der Waals surface area (Å²) in [6.07, 6.45) is -1.07. The van der Waals surface area contributed by atoms with Gasteiger partial charge in [-0.05, 0) is 0 Å². The van der Waals surface area contributed by atoms with Crippen molar-refractivity contribution in [1.82, 2.24) is 15.5 Å². The van der Waals surface area contributed by atoms with E-state index in [0.717, 1.165) is 11.3 Å². The van der Waals surface area contributed by atoms with Crippen LogP contribution in [0.4, 0.5) is 9.93 Å². The molecule has 0 spiro atoms. The molecule has 0 bridgehead atoms. The minimum atomic E-state index is -1.14. The minimum absolute atomic E-state index is 0.129. The van der Waals surface area contributed by atoms with Gasteiger partial charge in [-0.15, -0.1) is 10.2 Å². The van der Waals surface area contributed by atoms with Crippen LogP contribution in [0.2, 0.25) is 0 Å². The molecular weight excluding hydrogens is 236 g/mol. The summed E-state index contributed by atoms with van der Waals surface area (Å²) in [6, 6.07) is -0.556. The SMILES string of the molecule is COC(CNC(=O)Nc1nncs1)C(=O)O. The van der Waals surface area contributed by atoms with Crippen LogP contribution in [0.1, 0.15) is 0 Å². The number of carbonyl (C=O) groups excluding carboxylic acids is 1. The highest BCUT2D eigenvalue weighted by Crippen LogP contribution is 2.06. The van der Waals surface area contributed by atoms with Crippen LogP contribution in [0.25, 0.3) is 0 Å². The summed E-state index contributed by atoms with van der Waals surface area (Å²) < 4.78 is 4.63. The van der Waals surface area contributed by atoms with Gasteiger partial charge in [0.15, 0.2) is 6.10 Å². The molecule has 0 saturated heterocycles. The molecule has 2 amide bonds. The van der Waals surface area contributed by atoms with E-state index >= 15 is 0 Å². The van der Waals surface area contributed by atoms with Gasteiger partial charge in [-0.25, -0.2) is 9.59 Å². The van der Waals surface area contributed by atoms with Crippen molar-refractivity contribution in [1.29, 1.82) is 0 Å². The Labute approximate surface area is 94.6 Å².